The Hall–Kier alpha value is -4.39. The van der Waals surface area contributed by atoms with Crippen LogP contribution in [-0.4, -0.2) is 19.5 Å². The van der Waals surface area contributed by atoms with Crippen molar-refractivity contribution in [3.05, 3.63) is 101 Å². The van der Waals surface area contributed by atoms with Crippen LogP contribution in [0.3, 0.4) is 0 Å². The van der Waals surface area contributed by atoms with Gasteiger partial charge in [0.15, 0.2) is 5.65 Å². The highest BCUT2D eigenvalue weighted by Gasteiger charge is 2.14. The van der Waals surface area contributed by atoms with Gasteiger partial charge in [0.05, 0.1) is 16.8 Å². The van der Waals surface area contributed by atoms with Gasteiger partial charge in [-0.2, -0.15) is 0 Å². The van der Waals surface area contributed by atoms with E-state index in [0.717, 1.165) is 33.9 Å². The molecule has 0 spiro atoms. The molecule has 146 valence electrons. The molecule has 0 saturated carbocycles. The number of nitro groups is 1. The zero-order valence-corrected chi connectivity index (χ0v) is 15.7. The lowest BCUT2D eigenvalue weighted by Crippen LogP contribution is -1.88. The molecule has 1 N–H and O–H groups in total. The number of benzene rings is 3. The molecule has 7 heteroatoms. The summed E-state index contributed by atoms with van der Waals surface area (Å²) >= 11 is 0. The minimum absolute atomic E-state index is 0.0487. The number of H-pyrrole nitrogens is 1. The van der Waals surface area contributed by atoms with Crippen molar-refractivity contribution in [2.45, 2.75) is 0 Å². The van der Waals surface area contributed by atoms with E-state index >= 15 is 0 Å². The number of nitrogens with one attached hydrogen (secondary N) is 1. The van der Waals surface area contributed by atoms with Gasteiger partial charge >= 0.3 is 0 Å². The van der Waals surface area contributed by atoms with Gasteiger partial charge in [-0.1, -0.05) is 30.3 Å². The topological polar surface area (TPSA) is 85.5 Å². The molecule has 0 saturated heterocycles. The number of nitro benzene ring substituents is 1. The van der Waals surface area contributed by atoms with Crippen LogP contribution in [0.2, 0.25) is 0 Å². The lowest BCUT2D eigenvalue weighted by atomic mass is 10.1. The Kier molecular flexibility index (Phi) is 4.25. The van der Waals surface area contributed by atoms with Crippen molar-refractivity contribution in [1.82, 2.24) is 14.6 Å². The highest BCUT2D eigenvalue weighted by Crippen LogP contribution is 2.30. The molecule has 5 aromatic rings. The van der Waals surface area contributed by atoms with Crippen LogP contribution in [0.15, 0.2) is 91.3 Å². The number of ether oxygens (including phenoxy) is 1. The Balaban J connectivity index is 1.45. The number of non-ortho nitro benzene ring substituents is 1. The second-order valence-corrected chi connectivity index (χ2v) is 6.75. The third-order valence-corrected chi connectivity index (χ3v) is 4.79. The molecule has 0 unspecified atom stereocenters. The van der Waals surface area contributed by atoms with E-state index in [-0.39, 0.29) is 5.69 Å². The Labute approximate surface area is 171 Å². The van der Waals surface area contributed by atoms with Crippen molar-refractivity contribution in [3.63, 3.8) is 0 Å². The van der Waals surface area contributed by atoms with Gasteiger partial charge in [0.1, 0.15) is 11.5 Å². The van der Waals surface area contributed by atoms with Crippen LogP contribution in [0.1, 0.15) is 0 Å². The van der Waals surface area contributed by atoms with Crippen LogP contribution in [0.5, 0.6) is 11.5 Å². The molecule has 2 heterocycles. The minimum Gasteiger partial charge on any atom is -0.457 e. The van der Waals surface area contributed by atoms with E-state index in [2.05, 4.69) is 5.10 Å². The van der Waals surface area contributed by atoms with E-state index in [4.69, 9.17) is 9.72 Å². The van der Waals surface area contributed by atoms with Gasteiger partial charge in [-0.25, -0.2) is 9.50 Å². The molecule has 7 nitrogen and oxygen atoms in total. The second-order valence-electron chi connectivity index (χ2n) is 6.75. The summed E-state index contributed by atoms with van der Waals surface area (Å²) in [4.78, 5) is 15.4. The van der Waals surface area contributed by atoms with E-state index in [1.54, 1.807) is 22.8 Å². The summed E-state index contributed by atoms with van der Waals surface area (Å²) in [5, 5.41) is 14.2. The second kappa shape index (κ2) is 7.21. The highest BCUT2D eigenvalue weighted by molar-refractivity contribution is 5.80. The number of para-hydroxylation sites is 1. The number of nitrogens with zero attached hydrogens (tertiary/aromatic N) is 3. The fourth-order valence-corrected chi connectivity index (χ4v) is 3.32. The van der Waals surface area contributed by atoms with Crippen LogP contribution in [0.4, 0.5) is 5.69 Å². The van der Waals surface area contributed by atoms with Crippen LogP contribution >= 0.6 is 0 Å². The zero-order chi connectivity index (χ0) is 20.5. The maximum Gasteiger partial charge on any atom is 0.270 e. The summed E-state index contributed by atoms with van der Waals surface area (Å²) in [5.41, 5.74) is 4.02. The molecule has 0 fully saturated rings. The lowest BCUT2D eigenvalue weighted by Gasteiger charge is -2.05. The molecule has 5 rings (SSSR count). The summed E-state index contributed by atoms with van der Waals surface area (Å²) < 4.78 is 7.64. The Morgan fingerprint density at radius 2 is 1.67 bits per heavy atom. The number of imidazole rings is 1. The Bertz CT molecular complexity index is 1340. The molecule has 0 radical (unpaired) electrons. The number of hydrogen-bond donors (Lipinski definition) is 1. The van der Waals surface area contributed by atoms with Gasteiger partial charge in [0.25, 0.3) is 5.69 Å². The van der Waals surface area contributed by atoms with E-state index in [1.165, 1.54) is 6.07 Å². The first-order chi connectivity index (χ1) is 14.7. The average molecular weight is 396 g/mol. The third kappa shape index (κ3) is 3.29. The number of rotatable bonds is 5. The normalized spacial score (nSPS) is 10.9. The molecule has 0 aliphatic rings. The minimum atomic E-state index is -0.399. The van der Waals surface area contributed by atoms with E-state index in [9.17, 15) is 10.1 Å². The van der Waals surface area contributed by atoms with Crippen molar-refractivity contribution in [2.24, 2.45) is 0 Å². The van der Waals surface area contributed by atoms with Gasteiger partial charge in [0, 0.05) is 29.5 Å². The summed E-state index contributed by atoms with van der Waals surface area (Å²) in [6.07, 6.45) is 3.69. The predicted octanol–water partition coefficient (Wildman–Crippen LogP) is 5.70. The van der Waals surface area contributed by atoms with Crippen molar-refractivity contribution < 1.29 is 9.66 Å². The molecule has 3 aromatic carbocycles. The summed E-state index contributed by atoms with van der Waals surface area (Å²) in [6, 6.07) is 23.8. The van der Waals surface area contributed by atoms with Crippen molar-refractivity contribution in [2.75, 3.05) is 0 Å². The van der Waals surface area contributed by atoms with Crippen molar-refractivity contribution >= 4 is 11.3 Å². The number of aromatic amines is 1. The molecule has 30 heavy (non-hydrogen) atoms. The van der Waals surface area contributed by atoms with Gasteiger partial charge in [-0.15, -0.1) is 0 Å². The Morgan fingerprint density at radius 1 is 0.900 bits per heavy atom. The highest BCUT2D eigenvalue weighted by atomic mass is 16.6. The van der Waals surface area contributed by atoms with Crippen LogP contribution < -0.4 is 4.74 Å². The molecule has 0 amide bonds. The maximum absolute atomic E-state index is 11.1. The van der Waals surface area contributed by atoms with Gasteiger partial charge < -0.3 is 4.74 Å². The molecule has 0 atom stereocenters. The summed E-state index contributed by atoms with van der Waals surface area (Å²) in [6.45, 7) is 0. The van der Waals surface area contributed by atoms with Gasteiger partial charge in [-0.05, 0) is 42.0 Å². The summed E-state index contributed by atoms with van der Waals surface area (Å²) in [7, 11) is 0. The largest absolute Gasteiger partial charge is 0.457 e. The van der Waals surface area contributed by atoms with E-state index in [0.29, 0.717) is 5.65 Å². The van der Waals surface area contributed by atoms with Crippen LogP contribution in [0, 0.1) is 10.1 Å². The molecule has 2 aromatic heterocycles. The molecule has 0 aliphatic carbocycles. The third-order valence-electron chi connectivity index (χ3n) is 4.79. The quantitative estimate of drug-likeness (QED) is 0.305. The Morgan fingerprint density at radius 3 is 2.43 bits per heavy atom. The SMILES string of the molecule is O=[N+]([O-])c1cccc(-c2c[nH]n3cc(-c4ccc(Oc5ccccc5)cc4)nc23)c1. The number of aromatic nitrogens is 3. The first kappa shape index (κ1) is 17.7. The van der Waals surface area contributed by atoms with Gasteiger partial charge in [0.2, 0.25) is 0 Å². The fourth-order valence-electron chi connectivity index (χ4n) is 3.32. The van der Waals surface area contributed by atoms with Crippen molar-refractivity contribution in [1.29, 1.82) is 0 Å². The maximum atomic E-state index is 11.1. The average Bonchev–Trinajstić information content (AvgIpc) is 3.36. The first-order valence-corrected chi connectivity index (χ1v) is 9.32. The first-order valence-electron chi connectivity index (χ1n) is 9.32. The predicted molar refractivity (Wildman–Crippen MR) is 114 cm³/mol. The van der Waals surface area contributed by atoms with Crippen LogP contribution in [0.25, 0.3) is 28.0 Å². The molecule has 0 bridgehead atoms. The molecular weight excluding hydrogens is 380 g/mol. The fraction of sp³-hybridized carbons (Fsp3) is 0. The van der Waals surface area contributed by atoms with Crippen molar-refractivity contribution in [3.8, 4) is 33.9 Å². The molecule has 0 aliphatic heterocycles. The number of hydrogen-bond acceptors (Lipinski definition) is 4. The zero-order valence-electron chi connectivity index (χ0n) is 15.7. The standard InChI is InChI=1S/C23H16N4O3/c28-27(29)18-6-4-5-17(13-18)21-14-24-26-15-22(25-23(21)26)16-9-11-20(12-10-16)30-19-7-2-1-3-8-19/h1-15,24H. The monoisotopic (exact) mass is 396 g/mol. The van der Waals surface area contributed by atoms with Crippen LogP contribution in [-0.2, 0) is 0 Å². The lowest BCUT2D eigenvalue weighted by molar-refractivity contribution is -0.384. The smallest absolute Gasteiger partial charge is 0.270 e. The summed E-state index contributed by atoms with van der Waals surface area (Å²) in [5.74, 6) is 1.52. The molecular formula is C23H16N4O3. The van der Waals surface area contributed by atoms with E-state index < -0.39 is 4.92 Å². The van der Waals surface area contributed by atoms with E-state index in [1.807, 2.05) is 66.9 Å². The number of fused-ring (bicyclic) bond motifs is 1. The van der Waals surface area contributed by atoms with Gasteiger partial charge in [-0.3, -0.25) is 15.2 Å².